The number of amides is 1. The summed E-state index contributed by atoms with van der Waals surface area (Å²) in [4.78, 5) is 14.1. The third kappa shape index (κ3) is 5.84. The predicted octanol–water partition coefficient (Wildman–Crippen LogP) is 1.54. The first-order valence-electron chi connectivity index (χ1n) is 9.26. The molecule has 1 aliphatic heterocycles. The van der Waals surface area contributed by atoms with Gasteiger partial charge in [-0.05, 0) is 54.7 Å². The predicted molar refractivity (Wildman–Crippen MR) is 111 cm³/mol. The van der Waals surface area contributed by atoms with Crippen LogP contribution in [0.3, 0.4) is 0 Å². The topological polar surface area (TPSA) is 95.9 Å². The molecular formula is C21H28N2O4S. The van der Waals surface area contributed by atoms with E-state index < -0.39 is 27.9 Å². The minimum absolute atomic E-state index is 0.405. The van der Waals surface area contributed by atoms with Gasteiger partial charge in [0.25, 0.3) is 5.91 Å². The Bertz CT molecular complexity index is 765. The Morgan fingerprint density at radius 1 is 1.43 bits per heavy atom. The van der Waals surface area contributed by atoms with Crippen molar-refractivity contribution in [2.75, 3.05) is 25.9 Å². The Morgan fingerprint density at radius 3 is 2.61 bits per heavy atom. The van der Waals surface area contributed by atoms with Crippen LogP contribution < -0.4 is 5.48 Å². The van der Waals surface area contributed by atoms with E-state index in [1.165, 1.54) is 11.8 Å². The molecule has 3 N–H and O–H groups in total. The van der Waals surface area contributed by atoms with Crippen LogP contribution in [0.2, 0.25) is 0 Å². The number of hydrogen-bond donors (Lipinski definition) is 3. The van der Waals surface area contributed by atoms with Gasteiger partial charge in [-0.15, -0.1) is 0 Å². The van der Waals surface area contributed by atoms with Gasteiger partial charge in [0.15, 0.2) is 0 Å². The van der Waals surface area contributed by atoms with E-state index in [9.17, 15) is 14.5 Å². The zero-order chi connectivity index (χ0) is 20.7. The van der Waals surface area contributed by atoms with Gasteiger partial charge < -0.3 is 9.66 Å². The zero-order valence-electron chi connectivity index (χ0n) is 16.6. The average Bonchev–Trinajstić information content (AvgIpc) is 2.70. The number of nitrogens with zero attached hydrogens (tertiary/aromatic N) is 1. The molecule has 0 aromatic heterocycles. The van der Waals surface area contributed by atoms with E-state index in [-0.39, 0.29) is 0 Å². The van der Waals surface area contributed by atoms with Gasteiger partial charge >= 0.3 is 0 Å². The van der Waals surface area contributed by atoms with Crippen molar-refractivity contribution in [1.29, 1.82) is 0 Å². The molecule has 3 unspecified atom stereocenters. The number of benzene rings is 1. The first kappa shape index (κ1) is 22.5. The van der Waals surface area contributed by atoms with Crippen LogP contribution in [0.4, 0.5) is 0 Å². The summed E-state index contributed by atoms with van der Waals surface area (Å²) < 4.78 is 10.9. The normalized spacial score (nSPS) is 18.9. The first-order chi connectivity index (χ1) is 13.3. The smallest absolute Gasteiger partial charge is 0.299 e. The summed E-state index contributed by atoms with van der Waals surface area (Å²) in [5.74, 6) is 5.05. The number of carbonyl (C=O) groups excluding carboxylic acids is 1. The Kier molecular flexibility index (Phi) is 8.10. The van der Waals surface area contributed by atoms with E-state index in [0.717, 1.165) is 30.6 Å². The van der Waals surface area contributed by atoms with Gasteiger partial charge in [-0.1, -0.05) is 30.0 Å². The molecule has 0 spiro atoms. The van der Waals surface area contributed by atoms with Crippen LogP contribution in [0.5, 0.6) is 0 Å². The molecular weight excluding hydrogens is 376 g/mol. The van der Waals surface area contributed by atoms with Crippen molar-refractivity contribution in [2.45, 2.75) is 37.5 Å². The van der Waals surface area contributed by atoms with E-state index in [2.05, 4.69) is 22.8 Å². The van der Waals surface area contributed by atoms with Crippen molar-refractivity contribution in [3.8, 4) is 11.8 Å². The third-order valence-corrected chi connectivity index (χ3v) is 6.75. The quantitative estimate of drug-likeness (QED) is 0.289. The number of aliphatic hydroxyl groups excluding tert-OH is 1. The van der Waals surface area contributed by atoms with Crippen LogP contribution in [-0.2, 0) is 16.0 Å². The van der Waals surface area contributed by atoms with Crippen molar-refractivity contribution in [1.82, 2.24) is 10.4 Å². The number of hydrogen-bond acceptors (Lipinski definition) is 5. The molecule has 0 saturated carbocycles. The molecule has 1 aromatic rings. The molecule has 0 saturated heterocycles. The Hall–Kier alpha value is -1.82. The maximum atomic E-state index is 12.0. The van der Waals surface area contributed by atoms with Crippen LogP contribution in [0.25, 0.3) is 5.57 Å². The van der Waals surface area contributed by atoms with Crippen molar-refractivity contribution in [3.63, 3.8) is 0 Å². The van der Waals surface area contributed by atoms with Crippen LogP contribution in [-0.4, -0.2) is 62.4 Å². The molecule has 0 aliphatic carbocycles. The van der Waals surface area contributed by atoms with Gasteiger partial charge in [0.1, 0.15) is 6.10 Å². The molecule has 0 bridgehead atoms. The highest BCUT2D eigenvalue weighted by Crippen LogP contribution is 2.25. The van der Waals surface area contributed by atoms with E-state index in [1.54, 1.807) is 19.3 Å². The second-order valence-electron chi connectivity index (χ2n) is 7.18. The van der Waals surface area contributed by atoms with Gasteiger partial charge in [-0.2, -0.15) is 0 Å². The molecule has 0 radical (unpaired) electrons. The fourth-order valence-electron chi connectivity index (χ4n) is 3.01. The molecule has 1 aromatic carbocycles. The van der Waals surface area contributed by atoms with Gasteiger partial charge in [-0.25, -0.2) is 5.48 Å². The lowest BCUT2D eigenvalue weighted by atomic mass is 9.98. The molecule has 7 heteroatoms. The van der Waals surface area contributed by atoms with Gasteiger partial charge in [0.05, 0.1) is 6.26 Å². The maximum Gasteiger partial charge on any atom is 0.299 e. The van der Waals surface area contributed by atoms with E-state index in [4.69, 9.17) is 5.21 Å². The van der Waals surface area contributed by atoms with Gasteiger partial charge in [0, 0.05) is 31.6 Å². The molecule has 3 atom stereocenters. The molecule has 1 aliphatic rings. The Balaban J connectivity index is 1.95. The lowest BCUT2D eigenvalue weighted by Gasteiger charge is -2.32. The highest BCUT2D eigenvalue weighted by atomic mass is 32.2. The number of rotatable bonds is 6. The van der Waals surface area contributed by atoms with E-state index in [1.807, 2.05) is 24.3 Å². The second-order valence-corrected chi connectivity index (χ2v) is 8.99. The first-order valence-corrected chi connectivity index (χ1v) is 10.8. The van der Waals surface area contributed by atoms with Crippen molar-refractivity contribution in [2.24, 2.45) is 0 Å². The number of aliphatic hydroxyl groups is 1. The summed E-state index contributed by atoms with van der Waals surface area (Å²) in [5.41, 5.74) is 4.93. The number of carbonyl (C=O) groups is 1. The fourth-order valence-corrected chi connectivity index (χ4v) is 3.69. The number of nitrogens with one attached hydrogen (secondary N) is 1. The van der Waals surface area contributed by atoms with Crippen LogP contribution in [0.1, 0.15) is 37.8 Å². The van der Waals surface area contributed by atoms with Crippen LogP contribution >= 0.6 is 0 Å². The monoisotopic (exact) mass is 404 g/mol. The largest absolute Gasteiger partial charge is 0.616 e. The highest BCUT2D eigenvalue weighted by Gasteiger charge is 2.42. The summed E-state index contributed by atoms with van der Waals surface area (Å²) in [5, 5.41) is 18.1. The summed E-state index contributed by atoms with van der Waals surface area (Å²) in [7, 11) is 0. The molecule has 152 valence electrons. The van der Waals surface area contributed by atoms with E-state index in [0.29, 0.717) is 13.0 Å². The lowest BCUT2D eigenvalue weighted by Crippen LogP contribution is -2.51. The van der Waals surface area contributed by atoms with E-state index >= 15 is 0 Å². The third-order valence-electron chi connectivity index (χ3n) is 5.10. The second kappa shape index (κ2) is 10.1. The SMILES string of the molecule is CC(O)C#Cc1ccc(C2=CCN(CCC(C)(C(=O)NO)[S+](C)[O-])CC2)cc1. The van der Waals surface area contributed by atoms with Crippen LogP contribution in [0, 0.1) is 11.8 Å². The molecule has 0 fully saturated rings. The molecule has 1 amide bonds. The Morgan fingerprint density at radius 2 is 2.11 bits per heavy atom. The maximum absolute atomic E-state index is 12.0. The van der Waals surface area contributed by atoms with Crippen molar-refractivity contribution >= 4 is 22.7 Å². The molecule has 6 nitrogen and oxygen atoms in total. The van der Waals surface area contributed by atoms with Gasteiger partial charge in [-0.3, -0.25) is 14.9 Å². The molecule has 1 heterocycles. The van der Waals surface area contributed by atoms with Crippen LogP contribution in [0.15, 0.2) is 30.3 Å². The van der Waals surface area contributed by atoms with Crippen molar-refractivity contribution in [3.05, 3.63) is 41.5 Å². The standard InChI is InChI=1S/C21H28N2O4S/c1-16(24)4-5-17-6-8-18(9-7-17)19-10-13-23(14-11-19)15-12-21(2,28(3)27)20(25)22-26/h6-10,16,24,26H,11-15H2,1-3H3,(H,22,25). The van der Waals surface area contributed by atoms with Crippen molar-refractivity contribution < 1.29 is 19.7 Å². The molecule has 2 rings (SSSR count). The Labute approximate surface area is 169 Å². The number of hydroxylamine groups is 1. The zero-order valence-corrected chi connectivity index (χ0v) is 17.4. The lowest BCUT2D eigenvalue weighted by molar-refractivity contribution is -0.131. The summed E-state index contributed by atoms with van der Waals surface area (Å²) in [6.45, 7) is 5.48. The highest BCUT2D eigenvalue weighted by molar-refractivity contribution is 7.92. The molecule has 28 heavy (non-hydrogen) atoms. The minimum Gasteiger partial charge on any atom is -0.616 e. The average molecular weight is 405 g/mol. The summed E-state index contributed by atoms with van der Waals surface area (Å²) >= 11 is -1.39. The summed E-state index contributed by atoms with van der Waals surface area (Å²) in [6.07, 6.45) is 4.31. The van der Waals surface area contributed by atoms with Gasteiger partial charge in [0.2, 0.25) is 4.75 Å². The minimum atomic E-state index is -1.39. The fraction of sp³-hybridized carbons (Fsp3) is 0.476. The summed E-state index contributed by atoms with van der Waals surface area (Å²) in [6, 6.07) is 7.98.